The highest BCUT2D eigenvalue weighted by molar-refractivity contribution is 5.85. The number of benzene rings is 1. The fraction of sp³-hybridized carbons (Fsp3) is 0.667. The number of hydrogen-bond acceptors (Lipinski definition) is 4. The molecule has 1 saturated heterocycles. The Bertz CT molecular complexity index is 530. The summed E-state index contributed by atoms with van der Waals surface area (Å²) in [6.07, 6.45) is 3.79. The molecule has 1 aromatic rings. The second-order valence-electron chi connectivity index (χ2n) is 7.73. The molecule has 1 aliphatic rings. The van der Waals surface area contributed by atoms with Crippen LogP contribution in [0.1, 0.15) is 45.1 Å². The van der Waals surface area contributed by atoms with Crippen molar-refractivity contribution in [3.63, 3.8) is 0 Å². The van der Waals surface area contributed by atoms with Crippen molar-refractivity contribution in [2.24, 2.45) is 5.73 Å². The first-order valence-electron chi connectivity index (χ1n) is 10.1. The maximum absolute atomic E-state index is 12.1. The first kappa shape index (κ1) is 23.9. The summed E-state index contributed by atoms with van der Waals surface area (Å²) in [5.41, 5.74) is 6.71. The Kier molecular flexibility index (Phi) is 10.9. The Labute approximate surface area is 171 Å². The molecule has 0 aliphatic carbocycles. The summed E-state index contributed by atoms with van der Waals surface area (Å²) in [7, 11) is 0. The summed E-state index contributed by atoms with van der Waals surface area (Å²) in [6, 6.07) is 10.7. The lowest BCUT2D eigenvalue weighted by molar-refractivity contribution is -0.126. The van der Waals surface area contributed by atoms with E-state index >= 15 is 0 Å². The summed E-state index contributed by atoms with van der Waals surface area (Å²) in [5.74, 6) is -0.0196. The van der Waals surface area contributed by atoms with Gasteiger partial charge in [-0.3, -0.25) is 9.69 Å². The van der Waals surface area contributed by atoms with Gasteiger partial charge in [-0.1, -0.05) is 43.7 Å². The van der Waals surface area contributed by atoms with Crippen LogP contribution in [0.5, 0.6) is 0 Å². The number of nitrogens with one attached hydrogen (secondary N) is 1. The first-order valence-corrected chi connectivity index (χ1v) is 10.1. The molecular formula is C21H37ClN4O. The minimum absolute atomic E-state index is 0. The number of rotatable bonds is 10. The average molecular weight is 397 g/mol. The number of nitrogens with zero attached hydrogens (tertiary/aromatic N) is 2. The Morgan fingerprint density at radius 3 is 2.37 bits per heavy atom. The molecule has 0 saturated carbocycles. The minimum Gasteiger partial charge on any atom is -0.355 e. The fourth-order valence-corrected chi connectivity index (χ4v) is 3.51. The lowest BCUT2D eigenvalue weighted by Crippen LogP contribution is -2.51. The molecule has 154 valence electrons. The van der Waals surface area contributed by atoms with E-state index in [1.807, 2.05) is 6.92 Å². The summed E-state index contributed by atoms with van der Waals surface area (Å²) in [5, 5.41) is 2.99. The molecule has 0 bridgehead atoms. The maximum Gasteiger partial charge on any atom is 0.239 e. The van der Waals surface area contributed by atoms with Gasteiger partial charge in [0.15, 0.2) is 0 Å². The molecule has 3 N–H and O–H groups in total. The predicted molar refractivity (Wildman–Crippen MR) is 115 cm³/mol. The van der Waals surface area contributed by atoms with Crippen molar-refractivity contribution < 1.29 is 4.79 Å². The summed E-state index contributed by atoms with van der Waals surface area (Å²) in [6.45, 7) is 11.3. The highest BCUT2D eigenvalue weighted by Gasteiger charge is 2.26. The van der Waals surface area contributed by atoms with Crippen LogP contribution in [0.2, 0.25) is 0 Å². The topological polar surface area (TPSA) is 61.6 Å². The van der Waals surface area contributed by atoms with Crippen LogP contribution >= 0.6 is 12.4 Å². The van der Waals surface area contributed by atoms with Crippen LogP contribution in [-0.4, -0.2) is 60.5 Å². The van der Waals surface area contributed by atoms with Crippen LogP contribution < -0.4 is 11.1 Å². The van der Waals surface area contributed by atoms with E-state index < -0.39 is 5.54 Å². The van der Waals surface area contributed by atoms with E-state index in [1.165, 1.54) is 5.56 Å². The van der Waals surface area contributed by atoms with Crippen molar-refractivity contribution in [2.75, 3.05) is 39.3 Å². The normalized spacial score (nSPS) is 17.7. The molecule has 2 rings (SSSR count). The molecule has 0 spiro atoms. The van der Waals surface area contributed by atoms with Crippen molar-refractivity contribution in [3.05, 3.63) is 35.9 Å². The number of hydrogen-bond donors (Lipinski definition) is 2. The van der Waals surface area contributed by atoms with Gasteiger partial charge in [0.1, 0.15) is 0 Å². The number of piperazine rings is 1. The highest BCUT2D eigenvalue weighted by Crippen LogP contribution is 2.10. The van der Waals surface area contributed by atoms with Gasteiger partial charge in [0.05, 0.1) is 5.54 Å². The van der Waals surface area contributed by atoms with E-state index in [9.17, 15) is 4.79 Å². The van der Waals surface area contributed by atoms with Gasteiger partial charge in [-0.05, 0) is 38.3 Å². The molecule has 1 aliphatic heterocycles. The van der Waals surface area contributed by atoms with Gasteiger partial charge < -0.3 is 16.0 Å². The van der Waals surface area contributed by atoms with E-state index in [2.05, 4.69) is 52.4 Å². The van der Waals surface area contributed by atoms with Gasteiger partial charge in [-0.2, -0.15) is 0 Å². The number of carbonyl (C=O) groups excluding carboxylic acids is 1. The molecule has 1 fully saturated rings. The van der Waals surface area contributed by atoms with Crippen LogP contribution in [-0.2, 0) is 11.3 Å². The minimum atomic E-state index is -0.732. The third-order valence-corrected chi connectivity index (χ3v) is 5.19. The lowest BCUT2D eigenvalue weighted by atomic mass is 9.96. The van der Waals surface area contributed by atoms with Crippen LogP contribution in [0.3, 0.4) is 0 Å². The average Bonchev–Trinajstić information content (AvgIpc) is 2.63. The quantitative estimate of drug-likeness (QED) is 0.597. The fourth-order valence-electron chi connectivity index (χ4n) is 3.51. The summed E-state index contributed by atoms with van der Waals surface area (Å²) >= 11 is 0. The molecule has 1 heterocycles. The van der Waals surface area contributed by atoms with Gasteiger partial charge in [0, 0.05) is 39.3 Å². The molecule has 1 amide bonds. The van der Waals surface area contributed by atoms with E-state index in [0.717, 1.165) is 71.5 Å². The van der Waals surface area contributed by atoms with Crippen LogP contribution in [0, 0.1) is 0 Å². The largest absolute Gasteiger partial charge is 0.355 e. The zero-order valence-corrected chi connectivity index (χ0v) is 17.8. The zero-order valence-electron chi connectivity index (χ0n) is 17.0. The number of amides is 1. The summed E-state index contributed by atoms with van der Waals surface area (Å²) < 4.78 is 0. The molecule has 0 aromatic heterocycles. The van der Waals surface area contributed by atoms with Gasteiger partial charge in [-0.15, -0.1) is 12.4 Å². The standard InChI is InChI=1S/C21H36N4O.ClH/c1-3-11-21(2,22)20(26)23-12-7-8-13-24-14-16-25(17-15-24)18-19-9-5-4-6-10-19;/h4-6,9-10H,3,7-8,11-18,22H2,1-2H3,(H,23,26);1H. The van der Waals surface area contributed by atoms with Crippen molar-refractivity contribution in [3.8, 4) is 0 Å². The highest BCUT2D eigenvalue weighted by atomic mass is 35.5. The SMILES string of the molecule is CCCC(C)(N)C(=O)NCCCCN1CCN(Cc2ccccc2)CC1.Cl. The Hall–Kier alpha value is -1.14. The third kappa shape index (κ3) is 8.60. The molecule has 0 radical (unpaired) electrons. The molecule has 1 unspecified atom stereocenters. The number of nitrogens with two attached hydrogens (primary N) is 1. The van der Waals surface area contributed by atoms with Crippen molar-refractivity contribution in [1.29, 1.82) is 0 Å². The maximum atomic E-state index is 12.1. The number of halogens is 1. The first-order chi connectivity index (χ1) is 12.5. The second kappa shape index (κ2) is 12.3. The molecule has 27 heavy (non-hydrogen) atoms. The lowest BCUT2D eigenvalue weighted by Gasteiger charge is -2.34. The Morgan fingerprint density at radius 2 is 1.74 bits per heavy atom. The summed E-state index contributed by atoms with van der Waals surface area (Å²) in [4.78, 5) is 17.1. The van der Waals surface area contributed by atoms with Gasteiger partial charge in [-0.25, -0.2) is 0 Å². The van der Waals surface area contributed by atoms with Gasteiger partial charge in [0.2, 0.25) is 5.91 Å². The monoisotopic (exact) mass is 396 g/mol. The van der Waals surface area contributed by atoms with Gasteiger partial charge in [0.25, 0.3) is 0 Å². The van der Waals surface area contributed by atoms with Crippen LogP contribution in [0.15, 0.2) is 30.3 Å². The molecule has 1 aromatic carbocycles. The third-order valence-electron chi connectivity index (χ3n) is 5.19. The molecule has 6 heteroatoms. The molecule has 1 atom stereocenters. The van der Waals surface area contributed by atoms with E-state index in [4.69, 9.17) is 5.73 Å². The van der Waals surface area contributed by atoms with E-state index in [0.29, 0.717) is 0 Å². The molecular weight excluding hydrogens is 360 g/mol. The van der Waals surface area contributed by atoms with Crippen LogP contribution in [0.4, 0.5) is 0 Å². The zero-order chi connectivity index (χ0) is 18.8. The predicted octanol–water partition coefficient (Wildman–Crippen LogP) is 2.64. The van der Waals surface area contributed by atoms with Crippen molar-refractivity contribution >= 4 is 18.3 Å². The second-order valence-corrected chi connectivity index (χ2v) is 7.73. The molecule has 5 nitrogen and oxygen atoms in total. The van der Waals surface area contributed by atoms with E-state index in [-0.39, 0.29) is 18.3 Å². The number of unbranched alkanes of at least 4 members (excludes halogenated alkanes) is 1. The van der Waals surface area contributed by atoms with E-state index in [1.54, 1.807) is 0 Å². The Balaban J connectivity index is 0.00000364. The van der Waals surface area contributed by atoms with Crippen molar-refractivity contribution in [2.45, 2.75) is 51.6 Å². The number of carbonyl (C=O) groups is 1. The smallest absolute Gasteiger partial charge is 0.239 e. The van der Waals surface area contributed by atoms with Crippen molar-refractivity contribution in [1.82, 2.24) is 15.1 Å². The van der Waals surface area contributed by atoms with Gasteiger partial charge >= 0.3 is 0 Å². The Morgan fingerprint density at radius 1 is 1.11 bits per heavy atom. The van der Waals surface area contributed by atoms with Crippen LogP contribution in [0.25, 0.3) is 0 Å².